The van der Waals surface area contributed by atoms with E-state index in [2.05, 4.69) is 26.2 Å². The van der Waals surface area contributed by atoms with Crippen molar-refractivity contribution in [3.05, 3.63) is 43.8 Å². The summed E-state index contributed by atoms with van der Waals surface area (Å²) in [5, 5.41) is 5.41. The first-order chi connectivity index (χ1) is 9.38. The first-order valence-corrected chi connectivity index (χ1v) is 7.85. The molecule has 1 amide bonds. The summed E-state index contributed by atoms with van der Waals surface area (Å²) in [4.78, 5) is 16.5. The topological polar surface area (TPSA) is 68.0 Å². The van der Waals surface area contributed by atoms with Gasteiger partial charge in [0, 0.05) is 15.5 Å². The summed E-state index contributed by atoms with van der Waals surface area (Å²) in [7, 11) is 0. The average molecular weight is 354 g/mol. The third-order valence-corrected chi connectivity index (χ3v) is 4.38. The van der Waals surface area contributed by atoms with Crippen LogP contribution in [0.2, 0.25) is 0 Å². The van der Waals surface area contributed by atoms with Gasteiger partial charge in [0.1, 0.15) is 10.7 Å². The molecule has 2 rings (SSSR count). The van der Waals surface area contributed by atoms with Gasteiger partial charge >= 0.3 is 0 Å². The van der Waals surface area contributed by atoms with Gasteiger partial charge in [-0.05, 0) is 44.0 Å². The number of aromatic nitrogens is 1. The molecule has 0 spiro atoms. The highest BCUT2D eigenvalue weighted by atomic mass is 79.9. The van der Waals surface area contributed by atoms with Crippen LogP contribution < -0.4 is 11.1 Å². The molecule has 0 radical (unpaired) electrons. The van der Waals surface area contributed by atoms with Crippen molar-refractivity contribution in [3.63, 3.8) is 0 Å². The number of amides is 1. The fourth-order valence-electron chi connectivity index (χ4n) is 1.89. The molecule has 0 aliphatic rings. The Hall–Kier alpha value is -1.24. The maximum Gasteiger partial charge on any atom is 0.275 e. The first kappa shape index (κ1) is 15.2. The van der Waals surface area contributed by atoms with Crippen LogP contribution in [0.5, 0.6) is 0 Å². The lowest BCUT2D eigenvalue weighted by Crippen LogP contribution is -2.15. The molecule has 2 aromatic rings. The molecule has 20 heavy (non-hydrogen) atoms. The number of halogens is 1. The monoisotopic (exact) mass is 353 g/mol. The van der Waals surface area contributed by atoms with E-state index in [0.717, 1.165) is 26.3 Å². The number of carbonyl (C=O) groups is 1. The van der Waals surface area contributed by atoms with Crippen molar-refractivity contribution >= 4 is 38.9 Å². The smallest absolute Gasteiger partial charge is 0.275 e. The Morgan fingerprint density at radius 1 is 1.40 bits per heavy atom. The van der Waals surface area contributed by atoms with Crippen molar-refractivity contribution in [3.8, 4) is 0 Å². The first-order valence-electron chi connectivity index (χ1n) is 6.17. The van der Waals surface area contributed by atoms with E-state index < -0.39 is 0 Å². The van der Waals surface area contributed by atoms with Gasteiger partial charge in [-0.25, -0.2) is 4.98 Å². The maximum atomic E-state index is 12.2. The van der Waals surface area contributed by atoms with Crippen molar-refractivity contribution in [1.82, 2.24) is 4.98 Å². The van der Waals surface area contributed by atoms with Crippen LogP contribution in [0.4, 0.5) is 5.69 Å². The molecular formula is C14H16BrN3OS. The molecule has 1 atom stereocenters. The molecule has 0 aliphatic heterocycles. The van der Waals surface area contributed by atoms with Gasteiger partial charge in [0.15, 0.2) is 0 Å². The van der Waals surface area contributed by atoms with Gasteiger partial charge in [-0.2, -0.15) is 0 Å². The molecule has 4 nitrogen and oxygen atoms in total. The van der Waals surface area contributed by atoms with E-state index >= 15 is 0 Å². The van der Waals surface area contributed by atoms with Gasteiger partial charge in [0.05, 0.1) is 6.04 Å². The zero-order valence-electron chi connectivity index (χ0n) is 11.5. The Morgan fingerprint density at radius 3 is 2.50 bits per heavy atom. The van der Waals surface area contributed by atoms with E-state index in [1.807, 2.05) is 32.9 Å². The molecule has 0 fully saturated rings. The molecular weight excluding hydrogens is 338 g/mol. The molecule has 1 unspecified atom stereocenters. The second-order valence-electron chi connectivity index (χ2n) is 4.73. The number of nitrogens with one attached hydrogen (secondary N) is 1. The third kappa shape index (κ3) is 3.26. The zero-order valence-corrected chi connectivity index (χ0v) is 13.9. The summed E-state index contributed by atoms with van der Waals surface area (Å²) < 4.78 is 0.999. The predicted molar refractivity (Wildman–Crippen MR) is 86.3 cm³/mol. The molecule has 0 saturated carbocycles. The number of nitrogens with zero attached hydrogens (tertiary/aromatic N) is 1. The number of anilines is 1. The molecule has 3 N–H and O–H groups in total. The Labute approximate surface area is 130 Å². The average Bonchev–Trinajstić information content (AvgIpc) is 2.83. The predicted octanol–water partition coefficient (Wildman–Crippen LogP) is 3.79. The highest BCUT2D eigenvalue weighted by molar-refractivity contribution is 9.10. The minimum atomic E-state index is -0.207. The Morgan fingerprint density at radius 2 is 2.00 bits per heavy atom. The maximum absolute atomic E-state index is 12.2. The largest absolute Gasteiger partial charge is 0.322 e. The van der Waals surface area contributed by atoms with Gasteiger partial charge in [-0.3, -0.25) is 4.79 Å². The standard InChI is InChI=1S/C14H16BrN3OS/c1-7-4-10(15)5-8(2)12(7)18-13(19)11-6-20-14(17-11)9(3)16/h4-6,9H,16H2,1-3H3,(H,18,19). The van der Waals surface area contributed by atoms with E-state index in [-0.39, 0.29) is 11.9 Å². The number of hydrogen-bond acceptors (Lipinski definition) is 4. The molecule has 1 aromatic heterocycles. The van der Waals surface area contributed by atoms with Crippen molar-refractivity contribution in [2.24, 2.45) is 5.73 Å². The van der Waals surface area contributed by atoms with Crippen molar-refractivity contribution < 1.29 is 4.79 Å². The number of carbonyl (C=O) groups excluding carboxylic acids is 1. The Kier molecular flexibility index (Phi) is 4.57. The molecule has 106 valence electrons. The van der Waals surface area contributed by atoms with Crippen LogP contribution in [-0.2, 0) is 0 Å². The Balaban J connectivity index is 2.23. The van der Waals surface area contributed by atoms with E-state index in [0.29, 0.717) is 5.69 Å². The number of hydrogen-bond donors (Lipinski definition) is 2. The van der Waals surface area contributed by atoms with Crippen molar-refractivity contribution in [2.45, 2.75) is 26.8 Å². The van der Waals surface area contributed by atoms with Crippen LogP contribution >= 0.6 is 27.3 Å². The summed E-state index contributed by atoms with van der Waals surface area (Å²) in [6.07, 6.45) is 0. The number of thiazole rings is 1. The second-order valence-corrected chi connectivity index (χ2v) is 6.53. The summed E-state index contributed by atoms with van der Waals surface area (Å²) in [6.45, 7) is 5.77. The normalized spacial score (nSPS) is 12.2. The lowest BCUT2D eigenvalue weighted by atomic mass is 10.1. The fraction of sp³-hybridized carbons (Fsp3) is 0.286. The van der Waals surface area contributed by atoms with Gasteiger partial charge < -0.3 is 11.1 Å². The number of benzene rings is 1. The minimum Gasteiger partial charge on any atom is -0.322 e. The summed E-state index contributed by atoms with van der Waals surface area (Å²) >= 11 is 4.84. The quantitative estimate of drug-likeness (QED) is 0.881. The van der Waals surface area contributed by atoms with Gasteiger partial charge in [0.25, 0.3) is 5.91 Å². The van der Waals surface area contributed by atoms with E-state index in [1.54, 1.807) is 5.38 Å². The summed E-state index contributed by atoms with van der Waals surface area (Å²) in [5.41, 5.74) is 9.00. The molecule has 6 heteroatoms. The zero-order chi connectivity index (χ0) is 14.9. The van der Waals surface area contributed by atoms with Crippen LogP contribution in [0.1, 0.15) is 39.6 Å². The van der Waals surface area contributed by atoms with Crippen LogP contribution in [0.3, 0.4) is 0 Å². The van der Waals surface area contributed by atoms with Gasteiger partial charge in [-0.1, -0.05) is 15.9 Å². The lowest BCUT2D eigenvalue weighted by molar-refractivity contribution is 0.102. The number of nitrogens with two attached hydrogens (primary N) is 1. The highest BCUT2D eigenvalue weighted by Gasteiger charge is 2.15. The van der Waals surface area contributed by atoms with E-state index in [4.69, 9.17) is 5.73 Å². The van der Waals surface area contributed by atoms with Crippen LogP contribution in [0.25, 0.3) is 0 Å². The van der Waals surface area contributed by atoms with E-state index in [9.17, 15) is 4.79 Å². The fourth-order valence-corrected chi connectivity index (χ4v) is 3.33. The van der Waals surface area contributed by atoms with Gasteiger partial charge in [0.2, 0.25) is 0 Å². The number of aryl methyl sites for hydroxylation is 2. The van der Waals surface area contributed by atoms with Gasteiger partial charge in [-0.15, -0.1) is 11.3 Å². The minimum absolute atomic E-state index is 0.155. The number of rotatable bonds is 3. The molecule has 1 heterocycles. The second kappa shape index (κ2) is 6.03. The van der Waals surface area contributed by atoms with Crippen LogP contribution in [0.15, 0.2) is 22.0 Å². The third-order valence-electron chi connectivity index (χ3n) is 2.88. The molecule has 0 bridgehead atoms. The molecule has 0 saturated heterocycles. The van der Waals surface area contributed by atoms with Crippen molar-refractivity contribution in [1.29, 1.82) is 0 Å². The van der Waals surface area contributed by atoms with Crippen molar-refractivity contribution in [2.75, 3.05) is 5.32 Å². The highest BCUT2D eigenvalue weighted by Crippen LogP contribution is 2.26. The molecule has 1 aromatic carbocycles. The Bertz CT molecular complexity index is 629. The van der Waals surface area contributed by atoms with Crippen LogP contribution in [0, 0.1) is 13.8 Å². The van der Waals surface area contributed by atoms with E-state index in [1.165, 1.54) is 11.3 Å². The van der Waals surface area contributed by atoms with Crippen LogP contribution in [-0.4, -0.2) is 10.9 Å². The molecule has 0 aliphatic carbocycles. The summed E-state index contributed by atoms with van der Waals surface area (Å²) in [5.74, 6) is -0.207. The summed E-state index contributed by atoms with van der Waals surface area (Å²) in [6, 6.07) is 3.78. The lowest BCUT2D eigenvalue weighted by Gasteiger charge is -2.11. The SMILES string of the molecule is Cc1cc(Br)cc(C)c1NC(=O)c1csc(C(C)N)n1.